The van der Waals surface area contributed by atoms with Crippen LogP contribution in [0.3, 0.4) is 0 Å². The van der Waals surface area contributed by atoms with Gasteiger partial charge in [0, 0.05) is 17.8 Å². The number of alkyl halides is 6. The number of hydrogen-bond acceptors (Lipinski definition) is 4. The molecule has 28 heavy (non-hydrogen) atoms. The van der Waals surface area contributed by atoms with Crippen LogP contribution in [0.15, 0.2) is 24.5 Å². The number of hydrogen-bond donors (Lipinski definition) is 0. The molecule has 0 atom stereocenters. The zero-order chi connectivity index (χ0) is 21.3. The number of esters is 1. The lowest BCUT2D eigenvalue weighted by molar-refractivity contribution is -0.143. The van der Waals surface area contributed by atoms with E-state index in [1.807, 2.05) is 0 Å². The van der Waals surface area contributed by atoms with Crippen molar-refractivity contribution in [3.63, 3.8) is 0 Å². The van der Waals surface area contributed by atoms with Gasteiger partial charge in [-0.05, 0) is 26.0 Å². The van der Waals surface area contributed by atoms with Crippen LogP contribution in [0.2, 0.25) is 5.02 Å². The predicted molar refractivity (Wildman–Crippen MR) is 87.0 cm³/mol. The van der Waals surface area contributed by atoms with Crippen molar-refractivity contribution in [3.8, 4) is 11.4 Å². The number of carbonyl (C=O) groups excluding carboxylic acids is 1. The highest BCUT2D eigenvalue weighted by Gasteiger charge is 2.41. The van der Waals surface area contributed by atoms with Crippen LogP contribution in [0.25, 0.3) is 17.6 Å². The Morgan fingerprint density at radius 3 is 2.14 bits per heavy atom. The molecule has 1 heterocycles. The Morgan fingerprint density at radius 2 is 1.68 bits per heavy atom. The van der Waals surface area contributed by atoms with Gasteiger partial charge in [-0.1, -0.05) is 11.6 Å². The molecule has 0 amide bonds. The third kappa shape index (κ3) is 5.24. The molecule has 0 aliphatic carbocycles. The number of carbonyl (C=O) groups is 1. The fourth-order valence-corrected chi connectivity index (χ4v) is 2.38. The average molecular weight is 428 g/mol. The Balaban J connectivity index is 2.45. The first-order valence-electron chi connectivity index (χ1n) is 7.57. The van der Waals surface area contributed by atoms with Crippen molar-refractivity contribution in [2.45, 2.75) is 32.3 Å². The van der Waals surface area contributed by atoms with E-state index >= 15 is 0 Å². The molecular weight excluding hydrogens is 416 g/mol. The summed E-state index contributed by atoms with van der Waals surface area (Å²) in [6.45, 7) is 3.24. The Bertz CT molecular complexity index is 868. The average Bonchev–Trinajstić information content (AvgIpc) is 2.99. The number of aromatic nitrogens is 3. The zero-order valence-electron chi connectivity index (χ0n) is 14.3. The molecule has 0 saturated carbocycles. The van der Waals surface area contributed by atoms with E-state index in [4.69, 9.17) is 16.3 Å². The summed E-state index contributed by atoms with van der Waals surface area (Å²) in [6.07, 6.45) is -7.54. The Labute approximate surface area is 159 Å². The molecule has 0 saturated heterocycles. The topological polar surface area (TPSA) is 57.0 Å². The van der Waals surface area contributed by atoms with Crippen LogP contribution >= 0.6 is 11.6 Å². The predicted octanol–water partition coefficient (Wildman–Crippen LogP) is 5.06. The normalized spacial score (nSPS) is 12.8. The summed E-state index contributed by atoms with van der Waals surface area (Å²) < 4.78 is 84.2. The van der Waals surface area contributed by atoms with Gasteiger partial charge in [-0.2, -0.15) is 26.3 Å². The summed E-state index contributed by atoms with van der Waals surface area (Å²) in [6, 6.07) is 0.849. The van der Waals surface area contributed by atoms with Gasteiger partial charge >= 0.3 is 18.3 Å². The second kappa shape index (κ2) is 7.82. The molecule has 12 heteroatoms. The van der Waals surface area contributed by atoms with Crippen molar-refractivity contribution in [3.05, 3.63) is 40.7 Å². The van der Waals surface area contributed by atoms with Crippen LogP contribution in [0.1, 0.15) is 25.0 Å². The van der Waals surface area contributed by atoms with Gasteiger partial charge in [0.25, 0.3) is 0 Å². The van der Waals surface area contributed by atoms with E-state index in [-0.39, 0.29) is 6.10 Å². The number of rotatable bonds is 4. The summed E-state index contributed by atoms with van der Waals surface area (Å²) in [5.74, 6) is -1.13. The van der Waals surface area contributed by atoms with Crippen molar-refractivity contribution in [2.75, 3.05) is 0 Å². The summed E-state index contributed by atoms with van der Waals surface area (Å²) in [5, 5.41) is 2.28. The molecule has 0 spiro atoms. The lowest BCUT2D eigenvalue weighted by atomic mass is 10.0. The van der Waals surface area contributed by atoms with Crippen molar-refractivity contribution in [1.82, 2.24) is 14.8 Å². The Hall–Kier alpha value is -2.56. The van der Waals surface area contributed by atoms with E-state index in [1.165, 1.54) is 0 Å². The van der Waals surface area contributed by atoms with Gasteiger partial charge in [0.05, 0.1) is 22.3 Å². The Morgan fingerprint density at radius 1 is 1.14 bits per heavy atom. The van der Waals surface area contributed by atoms with Gasteiger partial charge in [0.1, 0.15) is 6.33 Å². The van der Waals surface area contributed by atoms with Crippen LogP contribution < -0.4 is 0 Å². The molecule has 0 unspecified atom stereocenters. The van der Waals surface area contributed by atoms with E-state index in [0.29, 0.717) is 12.1 Å². The second-order valence-corrected chi connectivity index (χ2v) is 6.11. The minimum atomic E-state index is -5.11. The smallest absolute Gasteiger partial charge is 0.417 e. The third-order valence-corrected chi connectivity index (χ3v) is 3.57. The summed E-state index contributed by atoms with van der Waals surface area (Å²) in [4.78, 5) is 15.1. The highest BCUT2D eigenvalue weighted by molar-refractivity contribution is 6.32. The first kappa shape index (κ1) is 21.7. The molecule has 1 aromatic carbocycles. The van der Waals surface area contributed by atoms with Crippen LogP contribution in [0.4, 0.5) is 26.3 Å². The number of benzene rings is 1. The highest BCUT2D eigenvalue weighted by atomic mass is 35.5. The molecule has 0 aliphatic rings. The molecule has 5 nitrogen and oxygen atoms in total. The van der Waals surface area contributed by atoms with Gasteiger partial charge in [0.15, 0.2) is 5.82 Å². The molecule has 1 aromatic heterocycles. The maximum absolute atomic E-state index is 13.1. The molecule has 0 aliphatic heterocycles. The minimum absolute atomic E-state index is 0.376. The maximum Gasteiger partial charge on any atom is 0.417 e. The molecule has 152 valence electrons. The zero-order valence-corrected chi connectivity index (χ0v) is 15.0. The van der Waals surface area contributed by atoms with Gasteiger partial charge in [-0.25, -0.2) is 14.5 Å². The standard InChI is InChI=1S/C16H12ClF6N3O2/c1-8(2)28-12(27)3-4-26-7-24-14(25-26)9-5-10(15(18,19)20)13(17)11(6-9)16(21,22)23/h3-8H,1-2H3/b4-3-. The van der Waals surface area contributed by atoms with E-state index in [9.17, 15) is 31.1 Å². The first-order valence-corrected chi connectivity index (χ1v) is 7.95. The second-order valence-electron chi connectivity index (χ2n) is 5.73. The van der Waals surface area contributed by atoms with Gasteiger partial charge in [0.2, 0.25) is 0 Å². The fourth-order valence-electron chi connectivity index (χ4n) is 2.05. The minimum Gasteiger partial charge on any atom is -0.460 e. The quantitative estimate of drug-likeness (QED) is 0.389. The fraction of sp³-hybridized carbons (Fsp3) is 0.312. The number of nitrogens with zero attached hydrogens (tertiary/aromatic N) is 3. The van der Waals surface area contributed by atoms with E-state index in [1.54, 1.807) is 13.8 Å². The molecule has 2 aromatic rings. The van der Waals surface area contributed by atoms with Crippen molar-refractivity contribution in [1.29, 1.82) is 0 Å². The van der Waals surface area contributed by atoms with Gasteiger partial charge in [-0.3, -0.25) is 0 Å². The van der Waals surface area contributed by atoms with Crippen molar-refractivity contribution < 1.29 is 35.9 Å². The largest absolute Gasteiger partial charge is 0.460 e. The van der Waals surface area contributed by atoms with E-state index < -0.39 is 45.9 Å². The van der Waals surface area contributed by atoms with Crippen LogP contribution in [0.5, 0.6) is 0 Å². The third-order valence-electron chi connectivity index (χ3n) is 3.17. The van der Waals surface area contributed by atoms with Gasteiger partial charge in [-0.15, -0.1) is 5.10 Å². The molecule has 0 radical (unpaired) electrons. The molecule has 0 bridgehead atoms. The highest BCUT2D eigenvalue weighted by Crippen LogP contribution is 2.44. The van der Waals surface area contributed by atoms with Crippen molar-refractivity contribution in [2.24, 2.45) is 0 Å². The monoisotopic (exact) mass is 427 g/mol. The number of ether oxygens (including phenoxy) is 1. The van der Waals surface area contributed by atoms with Crippen LogP contribution in [-0.4, -0.2) is 26.8 Å². The summed E-state index contributed by atoms with van der Waals surface area (Å²) in [5.41, 5.74) is -3.86. The SMILES string of the molecule is CC(C)OC(=O)/C=C\n1cnc(-c2cc(C(F)(F)F)c(Cl)c(C(F)(F)F)c2)n1. The maximum atomic E-state index is 13.1. The van der Waals surface area contributed by atoms with Crippen LogP contribution in [0, 0.1) is 0 Å². The van der Waals surface area contributed by atoms with Crippen molar-refractivity contribution >= 4 is 23.8 Å². The van der Waals surface area contributed by atoms with E-state index in [0.717, 1.165) is 23.3 Å². The molecule has 2 rings (SSSR count). The molecule has 0 fully saturated rings. The first-order chi connectivity index (χ1) is 12.8. The summed E-state index contributed by atoms with van der Waals surface area (Å²) in [7, 11) is 0. The van der Waals surface area contributed by atoms with Gasteiger partial charge < -0.3 is 4.74 Å². The molecule has 0 N–H and O–H groups in total. The lowest BCUT2D eigenvalue weighted by Gasteiger charge is -2.16. The summed E-state index contributed by atoms with van der Waals surface area (Å²) >= 11 is 5.32. The molecular formula is C16H12ClF6N3O2. The lowest BCUT2D eigenvalue weighted by Crippen LogP contribution is -2.13. The Kier molecular flexibility index (Phi) is 6.07. The van der Waals surface area contributed by atoms with Crippen LogP contribution in [-0.2, 0) is 21.9 Å². The van der Waals surface area contributed by atoms with E-state index in [2.05, 4.69) is 10.1 Å². The number of halogens is 7.